The summed E-state index contributed by atoms with van der Waals surface area (Å²) in [6.07, 6.45) is 3.55. The van der Waals surface area contributed by atoms with Gasteiger partial charge in [-0.25, -0.2) is 4.79 Å². The Morgan fingerprint density at radius 1 is 1.20 bits per heavy atom. The van der Waals surface area contributed by atoms with Crippen molar-refractivity contribution in [2.75, 3.05) is 7.11 Å². The van der Waals surface area contributed by atoms with Crippen LogP contribution in [-0.4, -0.2) is 29.0 Å². The smallest absolute Gasteiger partial charge is 0.337 e. The Hall–Kier alpha value is -3.05. The molecule has 1 N–H and O–H groups in total. The van der Waals surface area contributed by atoms with Crippen molar-refractivity contribution in [3.63, 3.8) is 0 Å². The van der Waals surface area contributed by atoms with Crippen molar-refractivity contribution < 1.29 is 14.6 Å². The van der Waals surface area contributed by atoms with Crippen molar-refractivity contribution >= 4 is 29.5 Å². The molecular weight excluding hydrogens is 340 g/mol. The highest BCUT2D eigenvalue weighted by Crippen LogP contribution is 2.26. The van der Waals surface area contributed by atoms with E-state index in [0.29, 0.717) is 16.3 Å². The number of hydrogen-bond acceptors (Lipinski definition) is 4. The number of methoxy groups -OCH3 is 1. The van der Waals surface area contributed by atoms with Crippen molar-refractivity contribution in [2.45, 2.75) is 0 Å². The molecule has 0 spiro atoms. The van der Waals surface area contributed by atoms with Gasteiger partial charge in [0.25, 0.3) is 0 Å². The zero-order valence-corrected chi connectivity index (χ0v) is 14.1. The minimum absolute atomic E-state index is 0.206. The average Bonchev–Trinajstić information content (AvgIpc) is 3.09. The Bertz CT molecular complexity index is 930. The van der Waals surface area contributed by atoms with Gasteiger partial charge in [0.2, 0.25) is 0 Å². The lowest BCUT2D eigenvalue weighted by Crippen LogP contribution is -2.00. The summed E-state index contributed by atoms with van der Waals surface area (Å²) in [4.78, 5) is 16.0. The molecule has 0 radical (unpaired) electrons. The number of phenolic OH excluding ortho intramolecular Hbond substituents is 1. The van der Waals surface area contributed by atoms with E-state index in [-0.39, 0.29) is 5.75 Å². The molecule has 0 aliphatic carbocycles. The summed E-state index contributed by atoms with van der Waals surface area (Å²) < 4.78 is 6.63. The summed E-state index contributed by atoms with van der Waals surface area (Å²) in [5.41, 5.74) is 2.57. The van der Waals surface area contributed by atoms with Gasteiger partial charge >= 0.3 is 5.97 Å². The van der Waals surface area contributed by atoms with Crippen LogP contribution in [0, 0.1) is 0 Å². The number of hydrogen-bond donors (Lipinski definition) is 1. The van der Waals surface area contributed by atoms with Crippen LogP contribution >= 0.6 is 11.6 Å². The molecule has 1 aromatic heterocycles. The Labute approximate surface area is 149 Å². The zero-order valence-electron chi connectivity index (χ0n) is 13.4. The first-order valence-corrected chi connectivity index (χ1v) is 7.85. The second kappa shape index (κ2) is 7.23. The van der Waals surface area contributed by atoms with Gasteiger partial charge in [0.15, 0.2) is 0 Å². The van der Waals surface area contributed by atoms with E-state index in [1.165, 1.54) is 7.11 Å². The molecule has 3 rings (SSSR count). The van der Waals surface area contributed by atoms with Crippen LogP contribution in [0.4, 0.5) is 5.69 Å². The van der Waals surface area contributed by atoms with Gasteiger partial charge < -0.3 is 14.4 Å². The molecule has 1 heterocycles. The average molecular weight is 355 g/mol. The molecule has 0 aliphatic heterocycles. The fourth-order valence-electron chi connectivity index (χ4n) is 2.34. The molecule has 0 saturated carbocycles. The number of aromatic hydroxyl groups is 1. The summed E-state index contributed by atoms with van der Waals surface area (Å²) in [5, 5.41) is 9.85. The van der Waals surface area contributed by atoms with Gasteiger partial charge in [-0.2, -0.15) is 0 Å². The Morgan fingerprint density at radius 3 is 2.68 bits per heavy atom. The van der Waals surface area contributed by atoms with E-state index in [0.717, 1.165) is 11.4 Å². The predicted molar refractivity (Wildman–Crippen MR) is 97.5 cm³/mol. The molecule has 0 saturated heterocycles. The Balaban J connectivity index is 1.92. The number of aliphatic imine (C=N–C) groups is 1. The number of benzene rings is 2. The number of carbonyl (C=O) groups excluding carboxylic acids is 1. The molecule has 6 heteroatoms. The number of nitrogens with zero attached hydrogens (tertiary/aromatic N) is 2. The summed E-state index contributed by atoms with van der Waals surface area (Å²) in [6, 6.07) is 15.4. The Morgan fingerprint density at radius 2 is 1.96 bits per heavy atom. The first-order valence-electron chi connectivity index (χ1n) is 7.47. The molecule has 0 aliphatic rings. The number of aromatic nitrogens is 1. The maximum atomic E-state index is 11.6. The number of phenols is 1. The lowest BCUT2D eigenvalue weighted by molar-refractivity contribution is 0.0601. The molecule has 2 aromatic carbocycles. The Kier molecular flexibility index (Phi) is 4.86. The number of rotatable bonds is 4. The largest absolute Gasteiger partial charge is 0.508 e. The van der Waals surface area contributed by atoms with E-state index < -0.39 is 5.97 Å². The van der Waals surface area contributed by atoms with Crippen LogP contribution in [0.25, 0.3) is 5.69 Å². The van der Waals surface area contributed by atoms with Crippen LogP contribution in [0.15, 0.2) is 65.8 Å². The monoisotopic (exact) mass is 354 g/mol. The van der Waals surface area contributed by atoms with Crippen molar-refractivity contribution in [1.82, 2.24) is 4.57 Å². The van der Waals surface area contributed by atoms with Gasteiger partial charge in [0, 0.05) is 11.9 Å². The van der Waals surface area contributed by atoms with E-state index in [4.69, 9.17) is 16.3 Å². The topological polar surface area (TPSA) is 63.8 Å². The number of carbonyl (C=O) groups is 1. The lowest BCUT2D eigenvalue weighted by atomic mass is 10.2. The highest BCUT2D eigenvalue weighted by atomic mass is 35.5. The van der Waals surface area contributed by atoms with Crippen LogP contribution in [0.3, 0.4) is 0 Å². The van der Waals surface area contributed by atoms with Gasteiger partial charge in [-0.3, -0.25) is 4.99 Å². The molecule has 0 unspecified atom stereocenters. The van der Waals surface area contributed by atoms with Crippen LogP contribution in [0.2, 0.25) is 5.02 Å². The lowest BCUT2D eigenvalue weighted by Gasteiger charge is -2.06. The van der Waals surface area contributed by atoms with Crippen LogP contribution in [0.1, 0.15) is 16.1 Å². The van der Waals surface area contributed by atoms with E-state index in [1.807, 2.05) is 22.9 Å². The van der Waals surface area contributed by atoms with Gasteiger partial charge in [-0.15, -0.1) is 0 Å². The van der Waals surface area contributed by atoms with Gasteiger partial charge in [-0.1, -0.05) is 11.6 Å². The number of halogens is 1. The van der Waals surface area contributed by atoms with Gasteiger partial charge in [0.1, 0.15) is 5.75 Å². The van der Waals surface area contributed by atoms with Crippen LogP contribution in [-0.2, 0) is 4.74 Å². The highest BCUT2D eigenvalue weighted by molar-refractivity contribution is 6.33. The summed E-state index contributed by atoms with van der Waals surface area (Å²) in [6.45, 7) is 0. The van der Waals surface area contributed by atoms with Crippen LogP contribution in [0.5, 0.6) is 5.75 Å². The number of esters is 1. The molecule has 0 fully saturated rings. The summed E-state index contributed by atoms with van der Waals surface area (Å²) in [7, 11) is 1.32. The third-order valence-electron chi connectivity index (χ3n) is 3.61. The zero-order chi connectivity index (χ0) is 17.8. The molecule has 5 nitrogen and oxygen atoms in total. The minimum Gasteiger partial charge on any atom is -0.508 e. The summed E-state index contributed by atoms with van der Waals surface area (Å²) >= 11 is 6.16. The third kappa shape index (κ3) is 3.72. The van der Waals surface area contributed by atoms with Crippen molar-refractivity contribution in [1.29, 1.82) is 0 Å². The molecular formula is C19H15ClN2O3. The fourth-order valence-corrected chi connectivity index (χ4v) is 2.51. The normalized spacial score (nSPS) is 11.0. The SMILES string of the molecule is COC(=O)c1ccc(Cl)c(N=Cc2cccn2-c2ccc(O)cc2)c1. The van der Waals surface area contributed by atoms with Gasteiger partial charge in [0.05, 0.1) is 35.3 Å². The molecule has 0 bridgehead atoms. The molecule has 3 aromatic rings. The second-order valence-electron chi connectivity index (χ2n) is 5.24. The van der Waals surface area contributed by atoms with E-state index in [2.05, 4.69) is 4.99 Å². The molecule has 0 atom stereocenters. The molecule has 126 valence electrons. The molecule has 0 amide bonds. The standard InChI is InChI=1S/C19H15ClN2O3/c1-25-19(24)13-4-9-17(20)18(11-13)21-12-15-3-2-10-22(15)14-5-7-16(23)8-6-14/h2-12,23H,1H3. The van der Waals surface area contributed by atoms with E-state index >= 15 is 0 Å². The first kappa shape index (κ1) is 16.8. The minimum atomic E-state index is -0.444. The van der Waals surface area contributed by atoms with Crippen LogP contribution < -0.4 is 0 Å². The van der Waals surface area contributed by atoms with E-state index in [9.17, 15) is 9.90 Å². The maximum Gasteiger partial charge on any atom is 0.337 e. The van der Waals surface area contributed by atoms with Crippen molar-refractivity contribution in [2.24, 2.45) is 4.99 Å². The van der Waals surface area contributed by atoms with Crippen molar-refractivity contribution in [3.8, 4) is 11.4 Å². The molecule has 25 heavy (non-hydrogen) atoms. The third-order valence-corrected chi connectivity index (χ3v) is 3.93. The fraction of sp³-hybridized carbons (Fsp3) is 0.0526. The first-order chi connectivity index (χ1) is 12.1. The van der Waals surface area contributed by atoms with Gasteiger partial charge in [-0.05, 0) is 54.6 Å². The second-order valence-corrected chi connectivity index (χ2v) is 5.64. The van der Waals surface area contributed by atoms with Crippen molar-refractivity contribution in [3.05, 3.63) is 77.1 Å². The maximum absolute atomic E-state index is 11.6. The quantitative estimate of drug-likeness (QED) is 0.558. The summed E-state index contributed by atoms with van der Waals surface area (Å²) in [5.74, 6) is -0.238. The number of ether oxygens (including phenoxy) is 1. The predicted octanol–water partition coefficient (Wildman–Crippen LogP) is 4.37. The highest BCUT2D eigenvalue weighted by Gasteiger charge is 2.08. The van der Waals surface area contributed by atoms with E-state index in [1.54, 1.807) is 48.7 Å².